The van der Waals surface area contributed by atoms with Crippen LogP contribution in [0.2, 0.25) is 0 Å². The van der Waals surface area contributed by atoms with Crippen molar-refractivity contribution in [3.05, 3.63) is 46.9 Å². The van der Waals surface area contributed by atoms with Crippen molar-refractivity contribution in [3.63, 3.8) is 0 Å². The van der Waals surface area contributed by atoms with E-state index in [2.05, 4.69) is 5.32 Å². The third-order valence-electron chi connectivity index (χ3n) is 6.88. The topological polar surface area (TPSA) is 99.2 Å². The summed E-state index contributed by atoms with van der Waals surface area (Å²) >= 11 is 0. The van der Waals surface area contributed by atoms with E-state index in [1.165, 1.54) is 11.0 Å². The van der Waals surface area contributed by atoms with Crippen molar-refractivity contribution in [2.24, 2.45) is 11.8 Å². The molecule has 1 aromatic rings. The van der Waals surface area contributed by atoms with Crippen molar-refractivity contribution < 1.29 is 33.0 Å². The fourth-order valence-corrected chi connectivity index (χ4v) is 5.24. The molecule has 170 valence electrons. The first-order valence-corrected chi connectivity index (χ1v) is 10.7. The van der Waals surface area contributed by atoms with Crippen LogP contribution in [0.4, 0.5) is 8.78 Å². The van der Waals surface area contributed by atoms with Crippen LogP contribution in [0.1, 0.15) is 24.8 Å². The summed E-state index contributed by atoms with van der Waals surface area (Å²) in [4.78, 5) is 41.8. The van der Waals surface area contributed by atoms with Crippen LogP contribution in [0.5, 0.6) is 0 Å². The van der Waals surface area contributed by atoms with Gasteiger partial charge < -0.3 is 25.0 Å². The van der Waals surface area contributed by atoms with Crippen molar-refractivity contribution in [3.8, 4) is 0 Å². The van der Waals surface area contributed by atoms with Crippen molar-refractivity contribution in [1.82, 2.24) is 15.1 Å². The van der Waals surface area contributed by atoms with Crippen LogP contribution in [-0.2, 0) is 25.7 Å². The Kier molecular flexibility index (Phi) is 5.11. The second-order valence-electron chi connectivity index (χ2n) is 8.73. The molecule has 3 aliphatic heterocycles. The fourth-order valence-electron chi connectivity index (χ4n) is 5.24. The normalized spacial score (nSPS) is 29.6. The molecule has 1 saturated carbocycles. The van der Waals surface area contributed by atoms with E-state index < -0.39 is 47.1 Å². The van der Waals surface area contributed by atoms with E-state index in [9.17, 15) is 28.3 Å². The average Bonchev–Trinajstić information content (AvgIpc) is 3.24. The first-order chi connectivity index (χ1) is 15.3. The van der Waals surface area contributed by atoms with Gasteiger partial charge in [-0.25, -0.2) is 8.78 Å². The number of benzene rings is 1. The highest BCUT2D eigenvalue weighted by atomic mass is 19.1. The van der Waals surface area contributed by atoms with Crippen LogP contribution in [0.3, 0.4) is 0 Å². The van der Waals surface area contributed by atoms with Crippen LogP contribution in [0.25, 0.3) is 0 Å². The van der Waals surface area contributed by atoms with Crippen LogP contribution in [-0.4, -0.2) is 64.5 Å². The first-order valence-electron chi connectivity index (χ1n) is 10.7. The predicted molar refractivity (Wildman–Crippen MR) is 106 cm³/mol. The molecule has 10 heteroatoms. The van der Waals surface area contributed by atoms with Crippen LogP contribution in [0, 0.1) is 23.5 Å². The maximum absolute atomic E-state index is 13.8. The molecule has 1 unspecified atom stereocenters. The number of ketones is 1. The van der Waals surface area contributed by atoms with Crippen molar-refractivity contribution >= 4 is 17.6 Å². The standard InChI is InChI=1S/C22H23F2N3O5/c23-13-5-4-11(15(24)6-13)7-25-21(30)14-8-26-9-17-27(16-3-1-2-12(16)10-32-17)22(31)18(26)20(29)19(14)28/h4-6,12,14,16-17,29H,1-3,7-10H2,(H,25,30)/t12-,14?,16-,17+/m0/s1. The van der Waals surface area contributed by atoms with E-state index in [1.54, 1.807) is 4.90 Å². The van der Waals surface area contributed by atoms with E-state index in [4.69, 9.17) is 4.74 Å². The van der Waals surface area contributed by atoms with Gasteiger partial charge in [0.15, 0.2) is 12.0 Å². The Morgan fingerprint density at radius 1 is 1.22 bits per heavy atom. The Labute approximate surface area is 182 Å². The molecule has 4 atom stereocenters. The molecule has 3 fully saturated rings. The van der Waals surface area contributed by atoms with Gasteiger partial charge in [0.25, 0.3) is 5.91 Å². The van der Waals surface area contributed by atoms with Gasteiger partial charge in [0.05, 0.1) is 13.2 Å². The van der Waals surface area contributed by atoms with Crippen LogP contribution >= 0.6 is 0 Å². The fraction of sp³-hybridized carbons (Fsp3) is 0.500. The van der Waals surface area contributed by atoms with E-state index in [0.717, 1.165) is 25.3 Å². The predicted octanol–water partition coefficient (Wildman–Crippen LogP) is 1.22. The molecule has 0 radical (unpaired) electrons. The molecule has 32 heavy (non-hydrogen) atoms. The molecule has 3 heterocycles. The summed E-state index contributed by atoms with van der Waals surface area (Å²) in [5, 5.41) is 13.0. The molecule has 5 rings (SSSR count). The quantitative estimate of drug-likeness (QED) is 0.676. The summed E-state index contributed by atoms with van der Waals surface area (Å²) in [7, 11) is 0. The van der Waals surface area contributed by atoms with Crippen molar-refractivity contribution in [1.29, 1.82) is 0 Å². The lowest BCUT2D eigenvalue weighted by Crippen LogP contribution is -2.65. The Morgan fingerprint density at radius 2 is 2.03 bits per heavy atom. The Hall–Kier alpha value is -3.01. The van der Waals surface area contributed by atoms with Gasteiger partial charge in [-0.3, -0.25) is 14.4 Å². The summed E-state index contributed by atoms with van der Waals surface area (Å²) in [5.74, 6) is -5.28. The van der Waals surface area contributed by atoms with Gasteiger partial charge in [-0.2, -0.15) is 0 Å². The number of rotatable bonds is 3. The smallest absolute Gasteiger partial charge is 0.276 e. The molecule has 0 spiro atoms. The summed E-state index contributed by atoms with van der Waals surface area (Å²) in [5.41, 5.74) is -0.0231. The lowest BCUT2D eigenvalue weighted by Gasteiger charge is -2.51. The van der Waals surface area contributed by atoms with Gasteiger partial charge in [0, 0.05) is 36.7 Å². The number of nitrogens with one attached hydrogen (secondary N) is 1. The van der Waals surface area contributed by atoms with E-state index in [-0.39, 0.29) is 42.9 Å². The number of carbonyl (C=O) groups is 3. The van der Waals surface area contributed by atoms with Crippen molar-refractivity contribution in [2.75, 3.05) is 19.7 Å². The third-order valence-corrected chi connectivity index (χ3v) is 6.88. The monoisotopic (exact) mass is 447 g/mol. The maximum atomic E-state index is 13.8. The van der Waals surface area contributed by atoms with Crippen LogP contribution < -0.4 is 5.32 Å². The largest absolute Gasteiger partial charge is 0.503 e. The Morgan fingerprint density at radius 3 is 2.81 bits per heavy atom. The number of ether oxygens (including phenoxy) is 1. The van der Waals surface area contributed by atoms with Gasteiger partial charge in [-0.15, -0.1) is 0 Å². The SMILES string of the molecule is O=C(NCc1ccc(F)cc1F)C1CN2C[C@H]3OC[C@@H]4CCC[C@@H]4N3C(=O)C2=C(O)C1=O. The second kappa shape index (κ2) is 7.84. The zero-order valence-electron chi connectivity index (χ0n) is 17.2. The molecule has 0 aromatic heterocycles. The zero-order chi connectivity index (χ0) is 22.6. The number of nitrogens with zero attached hydrogens (tertiary/aromatic N) is 2. The number of aliphatic hydroxyl groups is 1. The number of amides is 2. The molecule has 1 aromatic carbocycles. The molecular formula is C22H23F2N3O5. The summed E-state index contributed by atoms with van der Waals surface area (Å²) in [6, 6.07) is 3.02. The molecule has 0 bridgehead atoms. The van der Waals surface area contributed by atoms with E-state index in [1.807, 2.05) is 0 Å². The number of Topliss-reactive ketones (excluding diaryl/α,β-unsaturated/α-hetero) is 1. The highest BCUT2D eigenvalue weighted by molar-refractivity contribution is 6.13. The summed E-state index contributed by atoms with van der Waals surface area (Å²) in [6.45, 7) is 0.471. The molecule has 2 amide bonds. The highest BCUT2D eigenvalue weighted by Crippen LogP contribution is 2.40. The number of fused-ring (bicyclic) bond motifs is 4. The highest BCUT2D eigenvalue weighted by Gasteiger charge is 2.52. The molecule has 8 nitrogen and oxygen atoms in total. The van der Waals surface area contributed by atoms with Gasteiger partial charge in [0.2, 0.25) is 11.7 Å². The van der Waals surface area contributed by atoms with Crippen molar-refractivity contribution in [2.45, 2.75) is 38.1 Å². The molecule has 4 aliphatic rings. The van der Waals surface area contributed by atoms with Crippen LogP contribution in [0.15, 0.2) is 29.7 Å². The van der Waals surface area contributed by atoms with Gasteiger partial charge in [0.1, 0.15) is 23.2 Å². The summed E-state index contributed by atoms with van der Waals surface area (Å²) < 4.78 is 32.8. The third kappa shape index (κ3) is 3.33. The maximum Gasteiger partial charge on any atom is 0.276 e. The Balaban J connectivity index is 1.34. The zero-order valence-corrected chi connectivity index (χ0v) is 17.2. The molecular weight excluding hydrogens is 424 g/mol. The Bertz CT molecular complexity index is 1030. The number of aliphatic hydroxyl groups excluding tert-OH is 1. The van der Waals surface area contributed by atoms with E-state index >= 15 is 0 Å². The second-order valence-corrected chi connectivity index (χ2v) is 8.73. The molecule has 1 aliphatic carbocycles. The minimum atomic E-state index is -1.26. The minimum Gasteiger partial charge on any atom is -0.503 e. The summed E-state index contributed by atoms with van der Waals surface area (Å²) in [6.07, 6.45) is 2.35. The van der Waals surface area contributed by atoms with Gasteiger partial charge in [-0.05, 0) is 18.9 Å². The lowest BCUT2D eigenvalue weighted by molar-refractivity contribution is -0.184. The van der Waals surface area contributed by atoms with E-state index in [0.29, 0.717) is 12.7 Å². The molecule has 2 saturated heterocycles. The average molecular weight is 447 g/mol. The number of hydrogen-bond donors (Lipinski definition) is 2. The number of allylic oxidation sites excluding steroid dienone is 1. The van der Waals surface area contributed by atoms with Gasteiger partial charge in [-0.1, -0.05) is 12.5 Å². The van der Waals surface area contributed by atoms with Gasteiger partial charge >= 0.3 is 0 Å². The first kappa shape index (κ1) is 20.9. The number of hydrogen-bond acceptors (Lipinski definition) is 6. The lowest BCUT2D eigenvalue weighted by atomic mass is 9.91. The number of carbonyl (C=O) groups excluding carboxylic acids is 3. The number of piperazine rings is 1. The molecule has 2 N–H and O–H groups in total. The number of halogens is 2. The minimum absolute atomic E-state index is 0.0328.